The number of likely N-dealkylation sites (tertiary alicyclic amines) is 1. The molecule has 1 aromatic heterocycles. The summed E-state index contributed by atoms with van der Waals surface area (Å²) in [6.07, 6.45) is 2.17. The molecular formula is C28H28N2O3S. The van der Waals surface area contributed by atoms with Gasteiger partial charge < -0.3 is 14.4 Å². The molecule has 0 unspecified atom stereocenters. The van der Waals surface area contributed by atoms with Crippen LogP contribution in [0.2, 0.25) is 0 Å². The summed E-state index contributed by atoms with van der Waals surface area (Å²) >= 11 is 1.54. The van der Waals surface area contributed by atoms with E-state index in [1.807, 2.05) is 59.5 Å². The summed E-state index contributed by atoms with van der Waals surface area (Å²) in [4.78, 5) is 19.9. The van der Waals surface area contributed by atoms with E-state index in [-0.39, 0.29) is 17.9 Å². The number of hydrogen-bond acceptors (Lipinski definition) is 5. The lowest BCUT2D eigenvalue weighted by molar-refractivity contribution is -0.133. The molecule has 0 aliphatic carbocycles. The summed E-state index contributed by atoms with van der Waals surface area (Å²) in [5.41, 5.74) is 3.27. The van der Waals surface area contributed by atoms with Crippen LogP contribution >= 0.6 is 11.3 Å². The molecule has 1 aliphatic rings. The van der Waals surface area contributed by atoms with Gasteiger partial charge in [0.05, 0.1) is 17.3 Å². The van der Waals surface area contributed by atoms with Crippen LogP contribution in [0.1, 0.15) is 36.3 Å². The highest BCUT2D eigenvalue weighted by Gasteiger charge is 2.27. The molecule has 34 heavy (non-hydrogen) atoms. The fraction of sp³-hybridized carbons (Fsp3) is 0.286. The van der Waals surface area contributed by atoms with Crippen molar-refractivity contribution in [1.29, 1.82) is 0 Å². The first-order valence-electron chi connectivity index (χ1n) is 11.7. The van der Waals surface area contributed by atoms with Gasteiger partial charge in [-0.1, -0.05) is 72.0 Å². The Morgan fingerprint density at radius 2 is 1.65 bits per heavy atom. The van der Waals surface area contributed by atoms with E-state index in [2.05, 4.69) is 29.2 Å². The Balaban J connectivity index is 1.20. The van der Waals surface area contributed by atoms with E-state index < -0.39 is 0 Å². The van der Waals surface area contributed by atoms with Crippen molar-refractivity contribution >= 4 is 27.5 Å². The maximum Gasteiger partial charge on any atom is 0.274 e. The van der Waals surface area contributed by atoms with Gasteiger partial charge in [0.2, 0.25) is 5.91 Å². The number of amides is 1. The highest BCUT2D eigenvalue weighted by molar-refractivity contribution is 7.20. The number of piperidine rings is 1. The Hall–Kier alpha value is -3.38. The van der Waals surface area contributed by atoms with Gasteiger partial charge in [-0.25, -0.2) is 4.98 Å². The quantitative estimate of drug-likeness (QED) is 0.336. The summed E-state index contributed by atoms with van der Waals surface area (Å²) in [7, 11) is 1.66. The molecule has 174 valence electrons. The SMILES string of the molecule is COc1ccc2nc(OC3CCN(C(=O)CC(c4ccccc4)c4ccccc4)CC3)sc2c1. The van der Waals surface area contributed by atoms with E-state index in [0.29, 0.717) is 24.7 Å². The van der Waals surface area contributed by atoms with Crippen LogP contribution in [0, 0.1) is 0 Å². The number of benzene rings is 3. The topological polar surface area (TPSA) is 51.7 Å². The number of nitrogens with zero attached hydrogens (tertiary/aromatic N) is 2. The predicted octanol–water partition coefficient (Wildman–Crippen LogP) is 5.90. The lowest BCUT2D eigenvalue weighted by Crippen LogP contribution is -2.42. The average Bonchev–Trinajstić information content (AvgIpc) is 3.30. The van der Waals surface area contributed by atoms with Crippen LogP contribution in [-0.4, -0.2) is 42.1 Å². The number of rotatable bonds is 7. The molecule has 0 radical (unpaired) electrons. The maximum absolute atomic E-state index is 13.3. The average molecular weight is 473 g/mol. The summed E-state index contributed by atoms with van der Waals surface area (Å²) in [5.74, 6) is 1.07. The van der Waals surface area contributed by atoms with Crippen LogP contribution in [0.3, 0.4) is 0 Å². The fourth-order valence-electron chi connectivity index (χ4n) is 4.53. The Morgan fingerprint density at radius 1 is 1.00 bits per heavy atom. The molecule has 2 heterocycles. The normalized spacial score (nSPS) is 14.5. The zero-order valence-corrected chi connectivity index (χ0v) is 20.0. The molecule has 5 rings (SSSR count). The van der Waals surface area contributed by atoms with Crippen molar-refractivity contribution in [2.75, 3.05) is 20.2 Å². The standard InChI is InChI=1S/C28H28N2O3S/c1-32-23-12-13-25-26(18-23)34-28(29-25)33-22-14-16-30(17-15-22)27(31)19-24(20-8-4-2-5-9-20)21-10-6-3-7-11-21/h2-13,18,22,24H,14-17,19H2,1H3. The smallest absolute Gasteiger partial charge is 0.274 e. The Kier molecular flexibility index (Phi) is 6.77. The molecule has 4 aromatic rings. The molecule has 5 nitrogen and oxygen atoms in total. The van der Waals surface area contributed by atoms with Crippen LogP contribution < -0.4 is 9.47 Å². The van der Waals surface area contributed by atoms with E-state index in [9.17, 15) is 4.79 Å². The number of fused-ring (bicyclic) bond motifs is 1. The molecule has 0 saturated carbocycles. The van der Waals surface area contributed by atoms with E-state index in [4.69, 9.17) is 9.47 Å². The second-order valence-corrected chi connectivity index (χ2v) is 9.58. The molecule has 0 spiro atoms. The van der Waals surface area contributed by atoms with Crippen molar-refractivity contribution in [1.82, 2.24) is 9.88 Å². The molecule has 1 saturated heterocycles. The minimum Gasteiger partial charge on any atom is -0.497 e. The van der Waals surface area contributed by atoms with Gasteiger partial charge in [-0.3, -0.25) is 4.79 Å². The van der Waals surface area contributed by atoms with Gasteiger partial charge >= 0.3 is 0 Å². The zero-order chi connectivity index (χ0) is 23.3. The van der Waals surface area contributed by atoms with Gasteiger partial charge in [0, 0.05) is 38.3 Å². The fourth-order valence-corrected chi connectivity index (χ4v) is 5.44. The van der Waals surface area contributed by atoms with Crippen molar-refractivity contribution in [3.63, 3.8) is 0 Å². The van der Waals surface area contributed by atoms with Crippen molar-refractivity contribution in [2.45, 2.75) is 31.3 Å². The van der Waals surface area contributed by atoms with Gasteiger partial charge in [0.25, 0.3) is 5.19 Å². The van der Waals surface area contributed by atoms with Crippen LogP contribution in [0.5, 0.6) is 10.9 Å². The van der Waals surface area contributed by atoms with Gasteiger partial charge in [0.15, 0.2) is 0 Å². The number of hydrogen-bond donors (Lipinski definition) is 0. The molecule has 1 fully saturated rings. The van der Waals surface area contributed by atoms with Crippen molar-refractivity contribution in [2.24, 2.45) is 0 Å². The number of carbonyl (C=O) groups excluding carboxylic acids is 1. The third-order valence-corrected chi connectivity index (χ3v) is 7.33. The third kappa shape index (κ3) is 5.07. The first kappa shape index (κ1) is 22.4. The Bertz CT molecular complexity index is 1200. The van der Waals surface area contributed by atoms with Gasteiger partial charge in [0.1, 0.15) is 11.9 Å². The summed E-state index contributed by atoms with van der Waals surface area (Å²) in [5, 5.41) is 0.682. The van der Waals surface area contributed by atoms with Crippen molar-refractivity contribution in [3.8, 4) is 10.9 Å². The minimum atomic E-state index is 0.0589. The maximum atomic E-state index is 13.3. The van der Waals surface area contributed by atoms with E-state index in [0.717, 1.165) is 28.8 Å². The van der Waals surface area contributed by atoms with E-state index in [1.165, 1.54) is 22.5 Å². The lowest BCUT2D eigenvalue weighted by atomic mass is 9.88. The lowest BCUT2D eigenvalue weighted by Gasteiger charge is -2.32. The summed E-state index contributed by atoms with van der Waals surface area (Å²) < 4.78 is 12.5. The molecule has 0 N–H and O–H groups in total. The molecular weight excluding hydrogens is 444 g/mol. The Labute approximate surface area is 204 Å². The largest absolute Gasteiger partial charge is 0.497 e. The summed E-state index contributed by atoms with van der Waals surface area (Å²) in [6.45, 7) is 1.41. The first-order valence-corrected chi connectivity index (χ1v) is 12.5. The minimum absolute atomic E-state index is 0.0589. The number of methoxy groups -OCH3 is 1. The molecule has 1 aliphatic heterocycles. The second-order valence-electron chi connectivity index (χ2n) is 8.59. The first-order chi connectivity index (χ1) is 16.7. The zero-order valence-electron chi connectivity index (χ0n) is 19.2. The van der Waals surface area contributed by atoms with Crippen LogP contribution in [0.15, 0.2) is 78.9 Å². The number of thiazole rings is 1. The van der Waals surface area contributed by atoms with E-state index >= 15 is 0 Å². The molecule has 3 aromatic carbocycles. The van der Waals surface area contributed by atoms with Crippen LogP contribution in [0.25, 0.3) is 10.2 Å². The Morgan fingerprint density at radius 3 is 2.26 bits per heavy atom. The third-order valence-electron chi connectivity index (χ3n) is 6.42. The highest BCUT2D eigenvalue weighted by atomic mass is 32.1. The predicted molar refractivity (Wildman–Crippen MR) is 136 cm³/mol. The van der Waals surface area contributed by atoms with E-state index in [1.54, 1.807) is 7.11 Å². The molecule has 1 amide bonds. The summed E-state index contributed by atoms with van der Waals surface area (Å²) in [6, 6.07) is 26.5. The second kappa shape index (κ2) is 10.3. The van der Waals surface area contributed by atoms with Gasteiger partial charge in [-0.05, 0) is 29.3 Å². The van der Waals surface area contributed by atoms with Gasteiger partial charge in [-0.15, -0.1) is 0 Å². The number of ether oxygens (including phenoxy) is 2. The van der Waals surface area contributed by atoms with Crippen LogP contribution in [-0.2, 0) is 4.79 Å². The number of carbonyl (C=O) groups is 1. The van der Waals surface area contributed by atoms with Crippen molar-refractivity contribution in [3.05, 3.63) is 90.0 Å². The van der Waals surface area contributed by atoms with Crippen LogP contribution in [0.4, 0.5) is 0 Å². The van der Waals surface area contributed by atoms with Crippen molar-refractivity contribution < 1.29 is 14.3 Å². The molecule has 6 heteroatoms. The molecule has 0 bridgehead atoms. The molecule has 0 atom stereocenters. The highest BCUT2D eigenvalue weighted by Crippen LogP contribution is 2.33. The van der Waals surface area contributed by atoms with Gasteiger partial charge in [-0.2, -0.15) is 0 Å². The monoisotopic (exact) mass is 472 g/mol. The number of aromatic nitrogens is 1.